The van der Waals surface area contributed by atoms with Crippen molar-refractivity contribution in [3.8, 4) is 16.2 Å². The summed E-state index contributed by atoms with van der Waals surface area (Å²) >= 11 is 1.57. The number of para-hydroxylation sites is 1. The lowest BCUT2D eigenvalue weighted by molar-refractivity contribution is 0.416. The van der Waals surface area contributed by atoms with Crippen LogP contribution in [0.1, 0.15) is 0 Å². The Bertz CT molecular complexity index is 697. The van der Waals surface area contributed by atoms with Crippen LogP contribution in [0, 0.1) is 0 Å². The number of anilines is 2. The molecule has 1 N–H and O–H groups in total. The minimum Gasteiger partial charge on any atom is -0.496 e. The van der Waals surface area contributed by atoms with Crippen LogP contribution in [0.15, 0.2) is 54.9 Å². The second kappa shape index (κ2) is 5.71. The molecule has 20 heavy (non-hydrogen) atoms. The quantitative estimate of drug-likeness (QED) is 0.787. The monoisotopic (exact) mass is 283 g/mol. The van der Waals surface area contributed by atoms with Gasteiger partial charge in [-0.1, -0.05) is 29.5 Å². The van der Waals surface area contributed by atoms with E-state index in [1.165, 1.54) is 0 Å². The average Bonchev–Trinajstić information content (AvgIpc) is 2.96. The standard InChI is InChI=1S/C15H13N3OS/c1-19-12-7-3-2-6-11(12)13-10-17-15(20-13)18-14-8-4-5-9-16-14/h2-10H,1H3,(H,16,17,18). The minimum atomic E-state index is 0.786. The average molecular weight is 283 g/mol. The molecule has 5 heteroatoms. The van der Waals surface area contributed by atoms with Gasteiger partial charge in [-0.25, -0.2) is 9.97 Å². The molecule has 0 bridgehead atoms. The molecule has 3 rings (SSSR count). The van der Waals surface area contributed by atoms with Gasteiger partial charge in [0.2, 0.25) is 0 Å². The molecule has 0 saturated carbocycles. The second-order valence-electron chi connectivity index (χ2n) is 4.07. The summed E-state index contributed by atoms with van der Waals surface area (Å²) in [5.74, 6) is 1.63. The van der Waals surface area contributed by atoms with Crippen LogP contribution in [-0.4, -0.2) is 17.1 Å². The number of pyridine rings is 1. The third kappa shape index (κ3) is 2.62. The first-order chi connectivity index (χ1) is 9.86. The van der Waals surface area contributed by atoms with Crippen LogP contribution in [-0.2, 0) is 0 Å². The minimum absolute atomic E-state index is 0.786. The van der Waals surface area contributed by atoms with Gasteiger partial charge in [0, 0.05) is 18.0 Å². The summed E-state index contributed by atoms with van der Waals surface area (Å²) in [6.45, 7) is 0. The largest absolute Gasteiger partial charge is 0.496 e. The number of aromatic nitrogens is 2. The van der Waals surface area contributed by atoms with Crippen LogP contribution >= 0.6 is 11.3 Å². The molecule has 0 radical (unpaired) electrons. The Hall–Kier alpha value is -2.40. The zero-order chi connectivity index (χ0) is 13.8. The number of methoxy groups -OCH3 is 1. The summed E-state index contributed by atoms with van der Waals surface area (Å²) in [6, 6.07) is 13.6. The Kier molecular flexibility index (Phi) is 3.60. The number of benzene rings is 1. The first-order valence-corrected chi connectivity index (χ1v) is 6.96. The third-order valence-electron chi connectivity index (χ3n) is 2.78. The molecule has 0 unspecified atom stereocenters. The molecular formula is C15H13N3OS. The smallest absolute Gasteiger partial charge is 0.188 e. The maximum absolute atomic E-state index is 5.37. The van der Waals surface area contributed by atoms with Gasteiger partial charge in [0.05, 0.1) is 12.0 Å². The van der Waals surface area contributed by atoms with E-state index in [0.717, 1.165) is 27.1 Å². The molecule has 0 aliphatic carbocycles. The van der Waals surface area contributed by atoms with Crippen molar-refractivity contribution in [2.24, 2.45) is 0 Å². The predicted octanol–water partition coefficient (Wildman–Crippen LogP) is 3.96. The zero-order valence-corrected chi connectivity index (χ0v) is 11.7. The molecule has 0 saturated heterocycles. The zero-order valence-electron chi connectivity index (χ0n) is 10.9. The topological polar surface area (TPSA) is 47.0 Å². The van der Waals surface area contributed by atoms with E-state index in [4.69, 9.17) is 4.74 Å². The van der Waals surface area contributed by atoms with E-state index < -0.39 is 0 Å². The second-order valence-corrected chi connectivity index (χ2v) is 5.10. The number of hydrogen-bond donors (Lipinski definition) is 1. The summed E-state index contributed by atoms with van der Waals surface area (Å²) in [6.07, 6.45) is 3.59. The third-order valence-corrected chi connectivity index (χ3v) is 3.72. The lowest BCUT2D eigenvalue weighted by Crippen LogP contribution is -1.90. The first-order valence-electron chi connectivity index (χ1n) is 6.14. The fourth-order valence-corrected chi connectivity index (χ4v) is 2.70. The Labute approximate surface area is 121 Å². The van der Waals surface area contributed by atoms with Gasteiger partial charge in [-0.2, -0.15) is 0 Å². The molecule has 3 aromatic rings. The highest BCUT2D eigenvalue weighted by Crippen LogP contribution is 2.35. The Balaban J connectivity index is 1.87. The lowest BCUT2D eigenvalue weighted by atomic mass is 10.2. The summed E-state index contributed by atoms with van der Waals surface area (Å²) in [7, 11) is 1.67. The van der Waals surface area contributed by atoms with E-state index in [9.17, 15) is 0 Å². The van der Waals surface area contributed by atoms with Crippen molar-refractivity contribution in [3.05, 3.63) is 54.9 Å². The molecule has 0 atom stereocenters. The fourth-order valence-electron chi connectivity index (χ4n) is 1.85. The van der Waals surface area contributed by atoms with Crippen LogP contribution in [0.2, 0.25) is 0 Å². The van der Waals surface area contributed by atoms with Gasteiger partial charge in [0.15, 0.2) is 5.13 Å². The molecule has 2 heterocycles. The van der Waals surface area contributed by atoms with E-state index in [2.05, 4.69) is 15.3 Å². The van der Waals surface area contributed by atoms with Gasteiger partial charge >= 0.3 is 0 Å². The highest BCUT2D eigenvalue weighted by molar-refractivity contribution is 7.19. The van der Waals surface area contributed by atoms with Crippen LogP contribution in [0.25, 0.3) is 10.4 Å². The van der Waals surface area contributed by atoms with Gasteiger partial charge < -0.3 is 10.1 Å². The molecule has 0 aliphatic rings. The number of nitrogens with zero attached hydrogens (tertiary/aromatic N) is 2. The molecular weight excluding hydrogens is 270 g/mol. The Morgan fingerprint density at radius 1 is 1.05 bits per heavy atom. The van der Waals surface area contributed by atoms with Crippen molar-refractivity contribution in [3.63, 3.8) is 0 Å². The molecule has 100 valence electrons. The fraction of sp³-hybridized carbons (Fsp3) is 0.0667. The molecule has 0 amide bonds. The van der Waals surface area contributed by atoms with Gasteiger partial charge in [-0.3, -0.25) is 0 Å². The number of ether oxygens (including phenoxy) is 1. The summed E-state index contributed by atoms with van der Waals surface area (Å²) in [5.41, 5.74) is 1.04. The lowest BCUT2D eigenvalue weighted by Gasteiger charge is -2.04. The van der Waals surface area contributed by atoms with Gasteiger partial charge in [-0.15, -0.1) is 0 Å². The van der Waals surface area contributed by atoms with E-state index in [1.54, 1.807) is 24.6 Å². The molecule has 0 aliphatic heterocycles. The number of rotatable bonds is 4. The number of thiazole rings is 1. The Morgan fingerprint density at radius 3 is 2.70 bits per heavy atom. The van der Waals surface area contributed by atoms with Gasteiger partial charge in [-0.05, 0) is 24.3 Å². The van der Waals surface area contributed by atoms with Gasteiger partial charge in [0.1, 0.15) is 11.6 Å². The molecule has 2 aromatic heterocycles. The first kappa shape index (κ1) is 12.6. The number of hydrogen-bond acceptors (Lipinski definition) is 5. The maximum Gasteiger partial charge on any atom is 0.188 e. The van der Waals surface area contributed by atoms with Crippen molar-refractivity contribution in [1.82, 2.24) is 9.97 Å². The van der Waals surface area contributed by atoms with Crippen molar-refractivity contribution >= 4 is 22.3 Å². The van der Waals surface area contributed by atoms with Crippen LogP contribution in [0.4, 0.5) is 10.9 Å². The normalized spacial score (nSPS) is 10.2. The molecule has 4 nitrogen and oxygen atoms in total. The van der Waals surface area contributed by atoms with Crippen molar-refractivity contribution in [2.75, 3.05) is 12.4 Å². The SMILES string of the molecule is COc1ccccc1-c1cnc(Nc2ccccn2)s1. The van der Waals surface area contributed by atoms with Crippen LogP contribution < -0.4 is 10.1 Å². The molecule has 0 fully saturated rings. The van der Waals surface area contributed by atoms with E-state index >= 15 is 0 Å². The molecule has 1 aromatic carbocycles. The molecule has 0 spiro atoms. The highest BCUT2D eigenvalue weighted by atomic mass is 32.1. The predicted molar refractivity (Wildman–Crippen MR) is 81.6 cm³/mol. The van der Waals surface area contributed by atoms with Crippen molar-refractivity contribution in [2.45, 2.75) is 0 Å². The summed E-state index contributed by atoms with van der Waals surface area (Å²) in [4.78, 5) is 9.65. The summed E-state index contributed by atoms with van der Waals surface area (Å²) in [5, 5.41) is 4.00. The van der Waals surface area contributed by atoms with E-state index in [-0.39, 0.29) is 0 Å². The summed E-state index contributed by atoms with van der Waals surface area (Å²) < 4.78 is 5.37. The van der Waals surface area contributed by atoms with E-state index in [1.807, 2.05) is 48.7 Å². The highest BCUT2D eigenvalue weighted by Gasteiger charge is 2.09. The van der Waals surface area contributed by atoms with Gasteiger partial charge in [0.25, 0.3) is 0 Å². The number of nitrogens with one attached hydrogen (secondary N) is 1. The Morgan fingerprint density at radius 2 is 1.90 bits per heavy atom. The maximum atomic E-state index is 5.37. The van der Waals surface area contributed by atoms with Crippen molar-refractivity contribution < 1.29 is 4.74 Å². The van der Waals surface area contributed by atoms with Crippen LogP contribution in [0.5, 0.6) is 5.75 Å². The van der Waals surface area contributed by atoms with Crippen LogP contribution in [0.3, 0.4) is 0 Å². The van der Waals surface area contributed by atoms with Crippen molar-refractivity contribution in [1.29, 1.82) is 0 Å². The van der Waals surface area contributed by atoms with E-state index in [0.29, 0.717) is 0 Å².